The average Bonchev–Trinajstić information content (AvgIpc) is 2.99. The minimum atomic E-state index is -0.500. The van der Waals surface area contributed by atoms with E-state index in [9.17, 15) is 4.39 Å². The van der Waals surface area contributed by atoms with Crippen LogP contribution >= 0.6 is 0 Å². The minimum Gasteiger partial charge on any atom is -0.480 e. The summed E-state index contributed by atoms with van der Waals surface area (Å²) in [4.78, 5) is 4.09. The van der Waals surface area contributed by atoms with Crippen LogP contribution in [0.4, 0.5) is 10.1 Å². The number of hydrogen-bond acceptors (Lipinski definition) is 7. The van der Waals surface area contributed by atoms with Crippen LogP contribution in [0.25, 0.3) is 23.0 Å². The molecule has 8 heteroatoms. The predicted molar refractivity (Wildman–Crippen MR) is 71.7 cm³/mol. The molecule has 0 saturated carbocycles. The quantitative estimate of drug-likeness (QED) is 0.734. The number of nitrogen functional groups attached to an aromatic ring is 1. The summed E-state index contributed by atoms with van der Waals surface area (Å²) in [6.45, 7) is 0. The predicted octanol–water partition coefficient (Wildman–Crippen LogP) is 1.92. The molecule has 2 N–H and O–H groups in total. The van der Waals surface area contributed by atoms with E-state index in [0.717, 1.165) is 0 Å². The fraction of sp³-hybridized carbons (Fsp3) is 0.0769. The van der Waals surface area contributed by atoms with E-state index in [1.807, 2.05) is 0 Å². The minimum absolute atomic E-state index is 0.0208. The van der Waals surface area contributed by atoms with E-state index < -0.39 is 5.82 Å². The highest BCUT2D eigenvalue weighted by atomic mass is 19.1. The lowest BCUT2D eigenvalue weighted by molar-refractivity contribution is 0.392. The van der Waals surface area contributed by atoms with E-state index in [1.54, 1.807) is 12.1 Å². The van der Waals surface area contributed by atoms with E-state index >= 15 is 0 Å². The fourth-order valence-corrected chi connectivity index (χ4v) is 1.69. The molecule has 0 spiro atoms. The van der Waals surface area contributed by atoms with Gasteiger partial charge in [-0.05, 0) is 24.3 Å². The molecule has 2 aromatic heterocycles. The Hall–Kier alpha value is -3.03. The smallest absolute Gasteiger partial charge is 0.261 e. The highest BCUT2D eigenvalue weighted by molar-refractivity contribution is 5.62. The maximum atomic E-state index is 13.7. The lowest BCUT2D eigenvalue weighted by Gasteiger charge is -1.98. The molecule has 0 aliphatic heterocycles. The van der Waals surface area contributed by atoms with E-state index in [2.05, 4.69) is 20.3 Å². The van der Waals surface area contributed by atoms with Crippen LogP contribution in [0.3, 0.4) is 0 Å². The molecule has 0 unspecified atom stereocenters. The summed E-state index contributed by atoms with van der Waals surface area (Å²) >= 11 is 0. The Labute approximate surface area is 118 Å². The van der Waals surface area contributed by atoms with Gasteiger partial charge in [-0.1, -0.05) is 5.16 Å². The Morgan fingerprint density at radius 1 is 1.19 bits per heavy atom. The summed E-state index contributed by atoms with van der Waals surface area (Å²) in [6, 6.07) is 7.34. The summed E-state index contributed by atoms with van der Waals surface area (Å²) in [7, 11) is 1.48. The first-order valence-electron chi connectivity index (χ1n) is 5.94. The zero-order chi connectivity index (χ0) is 14.8. The molecule has 21 heavy (non-hydrogen) atoms. The largest absolute Gasteiger partial charge is 0.480 e. The molecule has 7 nitrogen and oxygen atoms in total. The first-order valence-corrected chi connectivity index (χ1v) is 5.94. The third-order valence-electron chi connectivity index (χ3n) is 2.73. The second-order valence-corrected chi connectivity index (χ2v) is 4.12. The third kappa shape index (κ3) is 2.50. The van der Waals surface area contributed by atoms with Crippen LogP contribution in [0.1, 0.15) is 0 Å². The first kappa shape index (κ1) is 13.0. The van der Waals surface area contributed by atoms with Gasteiger partial charge in [-0.3, -0.25) is 0 Å². The Balaban J connectivity index is 1.97. The highest BCUT2D eigenvalue weighted by Crippen LogP contribution is 2.25. The molecule has 1 aromatic carbocycles. The van der Waals surface area contributed by atoms with E-state index in [1.165, 1.54) is 25.3 Å². The van der Waals surface area contributed by atoms with Crippen molar-refractivity contribution in [2.45, 2.75) is 0 Å². The molecule has 3 rings (SSSR count). The van der Waals surface area contributed by atoms with Gasteiger partial charge in [-0.15, -0.1) is 10.2 Å². The summed E-state index contributed by atoms with van der Waals surface area (Å²) in [5.41, 5.74) is 6.54. The van der Waals surface area contributed by atoms with Crippen molar-refractivity contribution in [1.82, 2.24) is 20.3 Å². The molecule has 0 aliphatic carbocycles. The van der Waals surface area contributed by atoms with Gasteiger partial charge in [0.25, 0.3) is 5.89 Å². The maximum Gasteiger partial charge on any atom is 0.261 e. The van der Waals surface area contributed by atoms with Crippen molar-refractivity contribution in [3.8, 4) is 28.9 Å². The SMILES string of the molecule is COc1ccc(-c2noc(-c3cc(N)ccc3F)n2)nn1. The maximum absolute atomic E-state index is 13.7. The van der Waals surface area contributed by atoms with Crippen LogP contribution in [-0.4, -0.2) is 27.4 Å². The molecule has 0 amide bonds. The van der Waals surface area contributed by atoms with Crippen LogP contribution in [0.2, 0.25) is 0 Å². The van der Waals surface area contributed by atoms with Gasteiger partial charge >= 0.3 is 0 Å². The molecule has 0 fully saturated rings. The standard InChI is InChI=1S/C13H10FN5O2/c1-20-11-5-4-10(17-18-11)12-16-13(21-19-12)8-6-7(15)2-3-9(8)14/h2-6H,15H2,1H3. The van der Waals surface area contributed by atoms with Crippen molar-refractivity contribution in [3.05, 3.63) is 36.1 Å². The highest BCUT2D eigenvalue weighted by Gasteiger charge is 2.15. The molecule has 0 radical (unpaired) electrons. The Bertz CT molecular complexity index is 772. The van der Waals surface area contributed by atoms with Gasteiger partial charge in [0, 0.05) is 11.8 Å². The Morgan fingerprint density at radius 2 is 2.05 bits per heavy atom. The van der Waals surface area contributed by atoms with Gasteiger partial charge in [-0.25, -0.2) is 4.39 Å². The molecule has 0 atom stereocenters. The number of methoxy groups -OCH3 is 1. The normalized spacial score (nSPS) is 10.6. The third-order valence-corrected chi connectivity index (χ3v) is 2.73. The van der Waals surface area contributed by atoms with Crippen molar-refractivity contribution in [2.75, 3.05) is 12.8 Å². The molecule has 106 valence electrons. The number of halogens is 1. The van der Waals surface area contributed by atoms with Crippen molar-refractivity contribution in [1.29, 1.82) is 0 Å². The molecule has 3 aromatic rings. The van der Waals surface area contributed by atoms with Crippen molar-refractivity contribution < 1.29 is 13.7 Å². The van der Waals surface area contributed by atoms with Crippen LogP contribution < -0.4 is 10.5 Å². The molecule has 2 heterocycles. The summed E-state index contributed by atoms with van der Waals surface area (Å²) in [5, 5.41) is 11.4. The van der Waals surface area contributed by atoms with Gasteiger partial charge < -0.3 is 15.0 Å². The van der Waals surface area contributed by atoms with Crippen LogP contribution in [0.5, 0.6) is 5.88 Å². The van der Waals surface area contributed by atoms with Gasteiger partial charge in [0.2, 0.25) is 11.7 Å². The van der Waals surface area contributed by atoms with Gasteiger partial charge in [0.1, 0.15) is 11.5 Å². The van der Waals surface area contributed by atoms with Crippen molar-refractivity contribution >= 4 is 5.69 Å². The van der Waals surface area contributed by atoms with E-state index in [-0.39, 0.29) is 17.3 Å². The Kier molecular flexibility index (Phi) is 3.19. The molecular weight excluding hydrogens is 277 g/mol. The van der Waals surface area contributed by atoms with E-state index in [0.29, 0.717) is 17.3 Å². The number of hydrogen-bond donors (Lipinski definition) is 1. The monoisotopic (exact) mass is 287 g/mol. The lowest BCUT2D eigenvalue weighted by Crippen LogP contribution is -1.93. The topological polar surface area (TPSA) is 100.0 Å². The number of nitrogens with zero attached hydrogens (tertiary/aromatic N) is 4. The molecule has 0 saturated heterocycles. The summed E-state index contributed by atoms with van der Waals surface area (Å²) in [6.07, 6.45) is 0. The van der Waals surface area contributed by atoms with Gasteiger partial charge in [0.15, 0.2) is 0 Å². The number of rotatable bonds is 3. The summed E-state index contributed by atoms with van der Waals surface area (Å²) in [5.74, 6) is 0.0824. The molecule has 0 aliphatic rings. The van der Waals surface area contributed by atoms with E-state index in [4.69, 9.17) is 15.0 Å². The van der Waals surface area contributed by atoms with Crippen molar-refractivity contribution in [2.24, 2.45) is 0 Å². The van der Waals surface area contributed by atoms with Crippen LogP contribution in [-0.2, 0) is 0 Å². The number of anilines is 1. The Morgan fingerprint density at radius 3 is 2.76 bits per heavy atom. The second kappa shape index (κ2) is 5.16. The number of nitrogens with two attached hydrogens (primary N) is 1. The second-order valence-electron chi connectivity index (χ2n) is 4.12. The van der Waals surface area contributed by atoms with Crippen LogP contribution in [0, 0.1) is 5.82 Å². The average molecular weight is 287 g/mol. The number of aromatic nitrogens is 4. The zero-order valence-electron chi connectivity index (χ0n) is 10.9. The van der Waals surface area contributed by atoms with Gasteiger partial charge in [-0.2, -0.15) is 4.98 Å². The van der Waals surface area contributed by atoms with Gasteiger partial charge in [0.05, 0.1) is 12.7 Å². The van der Waals surface area contributed by atoms with Crippen molar-refractivity contribution in [3.63, 3.8) is 0 Å². The molecular formula is C13H10FN5O2. The lowest BCUT2D eigenvalue weighted by atomic mass is 10.2. The number of benzene rings is 1. The fourth-order valence-electron chi connectivity index (χ4n) is 1.69. The molecule has 0 bridgehead atoms. The summed E-state index contributed by atoms with van der Waals surface area (Å²) < 4.78 is 23.7. The van der Waals surface area contributed by atoms with Crippen LogP contribution in [0.15, 0.2) is 34.9 Å². The zero-order valence-corrected chi connectivity index (χ0v) is 10.9. The first-order chi connectivity index (χ1) is 10.2. The number of ether oxygens (including phenoxy) is 1.